The van der Waals surface area contributed by atoms with Crippen molar-refractivity contribution < 1.29 is 90.9 Å². The van der Waals surface area contributed by atoms with Crippen molar-refractivity contribution >= 4 is 193 Å². The van der Waals surface area contributed by atoms with Gasteiger partial charge in [-0.25, -0.2) is 34.3 Å². The van der Waals surface area contributed by atoms with Gasteiger partial charge in [0.25, 0.3) is 5.91 Å². The Morgan fingerprint density at radius 3 is 1.03 bits per heavy atom. The predicted octanol–water partition coefficient (Wildman–Crippen LogP) is 20.9. The number of fused-ring (bicyclic) bond motifs is 4. The number of rotatable bonds is 27. The van der Waals surface area contributed by atoms with Crippen LogP contribution in [-0.4, -0.2) is 153 Å². The number of carbonyl (C=O) groups excluding carboxylic acids is 5. The van der Waals surface area contributed by atoms with Gasteiger partial charge in [-0.1, -0.05) is 165 Å². The maximum atomic E-state index is 12.6. The van der Waals surface area contributed by atoms with Gasteiger partial charge >= 0.3 is 25.0 Å². The molecule has 10 N–H and O–H groups in total. The van der Waals surface area contributed by atoms with Gasteiger partial charge in [0.05, 0.1) is 154 Å². The van der Waals surface area contributed by atoms with Crippen LogP contribution < -0.4 is 80.8 Å². The highest BCUT2D eigenvalue weighted by atomic mass is 79.9. The van der Waals surface area contributed by atoms with Crippen LogP contribution >= 0.6 is 77.2 Å². The second-order valence-electron chi connectivity index (χ2n) is 27.8. The van der Waals surface area contributed by atoms with E-state index in [-0.39, 0.29) is 38.2 Å². The third kappa shape index (κ3) is 27.5. The third-order valence-electron chi connectivity index (χ3n) is 19.4. The lowest BCUT2D eigenvalue weighted by molar-refractivity contribution is 0.0592. The fourth-order valence-corrected chi connectivity index (χ4v) is 16.6. The Balaban J connectivity index is 0.000000191. The molecule has 0 bridgehead atoms. The Morgan fingerprint density at radius 2 is 0.694 bits per heavy atom. The smallest absolute Gasteiger partial charge is 0.488 e. The molecule has 0 fully saturated rings. The van der Waals surface area contributed by atoms with Crippen LogP contribution in [0, 0.1) is 0 Å². The normalized spacial score (nSPS) is 10.3. The van der Waals surface area contributed by atoms with E-state index in [1.807, 2.05) is 121 Å². The second-order valence-corrected chi connectivity index (χ2v) is 33.8. The number of nitrogens with zero attached hydrogens (tertiary/aromatic N) is 4. The number of esters is 3. The van der Waals surface area contributed by atoms with Gasteiger partial charge in [0.1, 0.15) is 6.29 Å². The summed E-state index contributed by atoms with van der Waals surface area (Å²) in [6.45, 7) is 1.83. The maximum absolute atomic E-state index is 12.6. The number of thiazole rings is 4. The monoisotopic (exact) mass is 2020 g/mol. The highest BCUT2D eigenvalue weighted by Gasteiger charge is 2.22. The van der Waals surface area contributed by atoms with Gasteiger partial charge in [-0.05, 0) is 202 Å². The first-order valence-corrected chi connectivity index (χ1v) is 44.6. The molecule has 0 radical (unpaired) electrons. The van der Waals surface area contributed by atoms with Crippen LogP contribution in [0.2, 0.25) is 0 Å². The van der Waals surface area contributed by atoms with E-state index in [1.165, 1.54) is 66.1 Å². The van der Waals surface area contributed by atoms with E-state index >= 15 is 0 Å². The van der Waals surface area contributed by atoms with Crippen molar-refractivity contribution in [1.29, 1.82) is 0 Å². The number of nitrogens with two attached hydrogens (primary N) is 2. The lowest BCUT2D eigenvalue weighted by Gasteiger charge is -2.14. The highest BCUT2D eigenvalue weighted by molar-refractivity contribution is 9.10. The standard InChI is InChI=1S/C30H28N4O4S.C25H24N2O5S.C16H13BrN2O2S.C9H13BO5.C9H8O3.C7H5BrN2S.2CH4/c1-36-25-15-21(16-26(37-2)28(25)38-3)20-12-13-27-24(14-20)34-30(39-27)32-17-18-8-10-19(11-9-18)29(35)33-23-7-5-4-6-22(23)31;1-29-20-12-18(13-21(30-2)23(20)31-3)17-9-10-22-19(11-17)27-25(33-22)26-14-15-5-7-16(8-6-15)24(28)32-4;1-21-15(20)11-4-2-10(3-5-11)9-18-16-19-13-8-12(17)6-7-14(13)22-16;1-13-7-4-6(10(11)12)5-8(14-2)9(7)15-3;1-12-9(11)8-4-2-7(6-10)3-5-8;8-4-1-2-6-5(3-4)10-7(9)11-6;;/h4-16H,17,31H2,1-3H3,(H,32,34)(H,33,35);5-13H,14H2,1-4H3,(H,26,27);2-8H,9H2,1H3,(H,18,19);4-5,11-12H,1-3H3;2-6H,1H3;1-3H,(H2,9,10);2*1H4. The lowest BCUT2D eigenvalue weighted by Crippen LogP contribution is -2.30. The minimum Gasteiger partial charge on any atom is -0.493 e. The Hall–Kier alpha value is -14.1. The van der Waals surface area contributed by atoms with Crippen LogP contribution in [0.5, 0.6) is 51.7 Å². The van der Waals surface area contributed by atoms with Crippen molar-refractivity contribution in [2.45, 2.75) is 34.5 Å². The van der Waals surface area contributed by atoms with Crippen molar-refractivity contribution in [2.24, 2.45) is 0 Å². The molecule has 29 nitrogen and oxygen atoms in total. The molecule has 0 spiro atoms. The molecular formula is C98H99BBr2N10O19S4. The number of benzene rings is 12. The predicted molar refractivity (Wildman–Crippen MR) is 544 cm³/mol. The molecule has 0 saturated carbocycles. The molecule has 0 atom stereocenters. The molecule has 0 saturated heterocycles. The van der Waals surface area contributed by atoms with Gasteiger partial charge in [-0.15, -0.1) is 0 Å². The fourth-order valence-electron chi connectivity index (χ4n) is 12.7. The number of para-hydroxylation sites is 2. The number of hydrogen-bond donors (Lipinski definition) is 8. The number of ether oxygens (including phenoxy) is 12. The molecule has 0 aliphatic rings. The Morgan fingerprint density at radius 1 is 0.373 bits per heavy atom. The summed E-state index contributed by atoms with van der Waals surface area (Å²) in [6, 6.07) is 70.5. The van der Waals surface area contributed by atoms with E-state index < -0.39 is 13.1 Å². The summed E-state index contributed by atoms with van der Waals surface area (Å²) in [5, 5.41) is 34.1. The Labute approximate surface area is 808 Å². The van der Waals surface area contributed by atoms with Crippen LogP contribution in [0.1, 0.15) is 83.3 Å². The van der Waals surface area contributed by atoms with Crippen LogP contribution in [0.25, 0.3) is 63.1 Å². The van der Waals surface area contributed by atoms with Crippen molar-refractivity contribution in [1.82, 2.24) is 19.9 Å². The molecule has 36 heteroatoms. The first kappa shape index (κ1) is 104. The van der Waals surface area contributed by atoms with Gasteiger partial charge in [0.2, 0.25) is 17.2 Å². The minimum absolute atomic E-state index is 0. The molecule has 0 aliphatic heterocycles. The lowest BCUT2D eigenvalue weighted by atomic mass is 9.80. The Kier molecular flexibility index (Phi) is 39.0. The molecule has 134 heavy (non-hydrogen) atoms. The van der Waals surface area contributed by atoms with Gasteiger partial charge in [0, 0.05) is 39.7 Å². The largest absolute Gasteiger partial charge is 0.493 e. The SMILES string of the molecule is C.C.COC(=O)c1ccc(C=O)cc1.COC(=O)c1ccc(CNc2nc3cc(-c4cc(OC)c(OC)c(OC)c4)ccc3s2)cc1.COC(=O)c1ccc(CNc2nc3cc(Br)ccc3s2)cc1.COc1cc(-c2ccc3sc(NCc4ccc(C(=O)Nc5ccccc5N)cc4)nc3c2)cc(OC)c1OC.COc1cc(B(O)O)cc(OC)c1OC.Nc1nc2cc(Br)ccc2s1. The first-order valence-electron chi connectivity index (χ1n) is 39.8. The van der Waals surface area contributed by atoms with Crippen LogP contribution in [-0.2, 0) is 33.8 Å². The zero-order valence-electron chi connectivity index (χ0n) is 73.4. The average molecular weight is 2020 g/mol. The van der Waals surface area contributed by atoms with Crippen LogP contribution in [0.15, 0.2) is 239 Å². The first-order chi connectivity index (χ1) is 63.9. The zero-order chi connectivity index (χ0) is 94.5. The van der Waals surface area contributed by atoms with Gasteiger partial charge in [-0.3, -0.25) is 9.59 Å². The van der Waals surface area contributed by atoms with Gasteiger partial charge in [-0.2, -0.15) is 0 Å². The molecule has 16 rings (SSSR count). The molecule has 696 valence electrons. The van der Waals surface area contributed by atoms with Crippen molar-refractivity contribution in [3.05, 3.63) is 284 Å². The number of amides is 1. The molecule has 0 aliphatic carbocycles. The van der Waals surface area contributed by atoms with E-state index in [4.69, 9.17) is 78.9 Å². The summed E-state index contributed by atoms with van der Waals surface area (Å²) >= 11 is 13.1. The third-order valence-corrected chi connectivity index (χ3v) is 24.3. The minimum atomic E-state index is -1.57. The summed E-state index contributed by atoms with van der Waals surface area (Å²) in [7, 11) is 16.5. The number of methoxy groups -OCH3 is 12. The Bertz CT molecular complexity index is 6600. The molecule has 16 aromatic rings. The number of nitrogens with one attached hydrogen (secondary N) is 4. The molecule has 4 aromatic heterocycles. The maximum Gasteiger partial charge on any atom is 0.488 e. The number of hydrogen-bond acceptors (Lipinski definition) is 32. The number of anilines is 6. The second kappa shape index (κ2) is 50.5. The zero-order valence-corrected chi connectivity index (χ0v) is 79.8. The van der Waals surface area contributed by atoms with Crippen molar-refractivity contribution in [2.75, 3.05) is 118 Å². The van der Waals surface area contributed by atoms with Crippen molar-refractivity contribution in [3.63, 3.8) is 0 Å². The van der Waals surface area contributed by atoms with Crippen LogP contribution in [0.4, 0.5) is 31.9 Å². The molecule has 4 heterocycles. The molecular weight excluding hydrogens is 1920 g/mol. The van der Waals surface area contributed by atoms with Gasteiger partial charge in [0.15, 0.2) is 55.0 Å². The quantitative estimate of drug-likeness (QED) is 0.00779. The summed E-state index contributed by atoms with van der Waals surface area (Å²) in [6.07, 6.45) is 0.723. The number of halogens is 2. The summed E-state index contributed by atoms with van der Waals surface area (Å²) < 4.78 is 68.4. The highest BCUT2D eigenvalue weighted by Crippen LogP contribution is 2.45. The van der Waals surface area contributed by atoms with Crippen LogP contribution in [0.3, 0.4) is 0 Å². The molecule has 1 amide bonds. The van der Waals surface area contributed by atoms with E-state index in [0.29, 0.717) is 116 Å². The molecule has 0 unspecified atom stereocenters. The number of nitrogen functional groups attached to an aromatic ring is 2. The number of carbonyl (C=O) groups is 5. The summed E-state index contributed by atoms with van der Waals surface area (Å²) in [5.74, 6) is 3.44. The topological polar surface area (TPSA) is 388 Å². The number of aromatic nitrogens is 4. The van der Waals surface area contributed by atoms with E-state index in [0.717, 1.165) is 110 Å². The average Bonchev–Trinajstić information content (AvgIpc) is 1.47. The summed E-state index contributed by atoms with van der Waals surface area (Å²) in [5.41, 5.74) is 26.2. The number of aldehydes is 1. The van der Waals surface area contributed by atoms with E-state index in [2.05, 4.69) is 96.8 Å². The van der Waals surface area contributed by atoms with Crippen molar-refractivity contribution in [3.8, 4) is 74.0 Å². The summed E-state index contributed by atoms with van der Waals surface area (Å²) in [4.78, 5) is 74.9. The van der Waals surface area contributed by atoms with E-state index in [9.17, 15) is 24.0 Å². The van der Waals surface area contributed by atoms with E-state index in [1.54, 1.807) is 149 Å². The fraction of sp³-hybridized carbons (Fsp3) is 0.173. The molecule has 12 aromatic carbocycles. The van der Waals surface area contributed by atoms with Gasteiger partial charge < -0.3 is 99.6 Å².